The first kappa shape index (κ1) is 19.9. The van der Waals surface area contributed by atoms with Crippen LogP contribution in [0, 0.1) is 5.92 Å². The minimum atomic E-state index is -1.17. The van der Waals surface area contributed by atoms with E-state index in [4.69, 9.17) is 18.9 Å². The smallest absolute Gasteiger partial charge is 0.305 e. The third-order valence-corrected chi connectivity index (χ3v) is 3.47. The van der Waals surface area contributed by atoms with E-state index in [1.807, 2.05) is 0 Å². The Hall–Kier alpha value is -2.16. The summed E-state index contributed by atoms with van der Waals surface area (Å²) in [5.41, 5.74) is 0. The fraction of sp³-hybridized carbons (Fsp3) is 0.733. The molecule has 1 N–H and O–H groups in total. The first-order valence-corrected chi connectivity index (χ1v) is 7.52. The van der Waals surface area contributed by atoms with Gasteiger partial charge in [0.05, 0.1) is 0 Å². The average Bonchev–Trinajstić information content (AvgIpc) is 2.42. The third-order valence-electron chi connectivity index (χ3n) is 3.47. The maximum Gasteiger partial charge on any atom is 0.305 e. The van der Waals surface area contributed by atoms with Gasteiger partial charge in [-0.25, -0.2) is 0 Å². The maximum absolute atomic E-state index is 11.5. The Morgan fingerprint density at radius 2 is 1.54 bits per heavy atom. The Balaban J connectivity index is 3.07. The zero-order chi connectivity index (χ0) is 18.4. The van der Waals surface area contributed by atoms with E-state index in [2.05, 4.69) is 5.32 Å². The van der Waals surface area contributed by atoms with E-state index in [1.54, 1.807) is 6.92 Å². The number of ether oxygens (including phenoxy) is 4. The normalized spacial score (nSPS) is 29.3. The molecule has 1 fully saturated rings. The molecule has 0 aromatic carbocycles. The van der Waals surface area contributed by atoms with Gasteiger partial charge >= 0.3 is 17.9 Å². The molecule has 5 unspecified atom stereocenters. The summed E-state index contributed by atoms with van der Waals surface area (Å²) in [5, 5.41) is 2.58. The van der Waals surface area contributed by atoms with E-state index in [9.17, 15) is 19.2 Å². The second-order valence-electron chi connectivity index (χ2n) is 5.61. The number of nitrogens with one attached hydrogen (secondary N) is 1. The number of carbonyl (C=O) groups excluding carboxylic acids is 4. The zero-order valence-electron chi connectivity index (χ0n) is 14.4. The summed E-state index contributed by atoms with van der Waals surface area (Å²) in [6.07, 6.45) is -2.66. The first-order chi connectivity index (χ1) is 11.1. The topological polar surface area (TPSA) is 117 Å². The number of amides is 1. The molecule has 1 aliphatic heterocycles. The van der Waals surface area contributed by atoms with Crippen molar-refractivity contribution in [2.75, 3.05) is 6.61 Å². The van der Waals surface area contributed by atoms with Crippen molar-refractivity contribution in [2.45, 2.75) is 59.2 Å². The predicted octanol–water partition coefficient (Wildman–Crippen LogP) is -0.0900. The van der Waals surface area contributed by atoms with Crippen molar-refractivity contribution in [3.05, 3.63) is 0 Å². The van der Waals surface area contributed by atoms with E-state index >= 15 is 0 Å². The van der Waals surface area contributed by atoms with Gasteiger partial charge in [0.25, 0.3) is 0 Å². The van der Waals surface area contributed by atoms with Crippen LogP contribution in [0.1, 0.15) is 34.6 Å². The summed E-state index contributed by atoms with van der Waals surface area (Å²) in [5.74, 6) is -2.50. The number of esters is 3. The quantitative estimate of drug-likeness (QED) is 0.543. The molecule has 1 aliphatic rings. The van der Waals surface area contributed by atoms with E-state index < -0.39 is 54.3 Å². The van der Waals surface area contributed by atoms with Gasteiger partial charge < -0.3 is 24.3 Å². The number of carbonyl (C=O) groups is 4. The molecule has 1 saturated heterocycles. The maximum atomic E-state index is 11.5. The van der Waals surface area contributed by atoms with E-state index in [0.29, 0.717) is 0 Å². The number of rotatable bonds is 5. The van der Waals surface area contributed by atoms with Gasteiger partial charge in [0.15, 0.2) is 0 Å². The van der Waals surface area contributed by atoms with Crippen LogP contribution in [-0.2, 0) is 38.1 Å². The van der Waals surface area contributed by atoms with Gasteiger partial charge in [-0.2, -0.15) is 0 Å². The molecule has 0 spiro atoms. The Morgan fingerprint density at radius 1 is 0.958 bits per heavy atom. The molecule has 24 heavy (non-hydrogen) atoms. The molecular formula is C15H23NO8. The fourth-order valence-electron chi connectivity index (χ4n) is 2.49. The minimum absolute atomic E-state index is 0.0984. The van der Waals surface area contributed by atoms with Crippen molar-refractivity contribution < 1.29 is 38.1 Å². The lowest BCUT2D eigenvalue weighted by atomic mass is 9.89. The van der Waals surface area contributed by atoms with Gasteiger partial charge in [0.2, 0.25) is 12.2 Å². The SMILES string of the molecule is CC(=O)NC1C(OC(C)=O)OC(COC(C)=O)C(C)C1OC(C)=O. The molecule has 1 rings (SSSR count). The van der Waals surface area contributed by atoms with Gasteiger partial charge in [0, 0.05) is 33.6 Å². The van der Waals surface area contributed by atoms with Crippen LogP contribution in [0.4, 0.5) is 0 Å². The van der Waals surface area contributed by atoms with Crippen molar-refractivity contribution in [1.82, 2.24) is 5.32 Å². The largest absolute Gasteiger partial charge is 0.463 e. The van der Waals surface area contributed by atoms with E-state index in [0.717, 1.165) is 0 Å². The lowest BCUT2D eigenvalue weighted by Gasteiger charge is -2.44. The number of hydrogen-bond acceptors (Lipinski definition) is 8. The van der Waals surface area contributed by atoms with Crippen LogP contribution in [-0.4, -0.2) is 55.0 Å². The molecule has 5 atom stereocenters. The molecule has 0 radical (unpaired) electrons. The summed E-state index contributed by atoms with van der Waals surface area (Å²) in [6, 6.07) is -0.876. The van der Waals surface area contributed by atoms with Crippen molar-refractivity contribution >= 4 is 23.8 Å². The van der Waals surface area contributed by atoms with Gasteiger partial charge in [-0.05, 0) is 0 Å². The monoisotopic (exact) mass is 345 g/mol. The fourth-order valence-corrected chi connectivity index (χ4v) is 2.49. The average molecular weight is 345 g/mol. The summed E-state index contributed by atoms with van der Waals surface area (Å²) in [6.45, 7) is 6.58. The molecule has 1 heterocycles. The lowest BCUT2D eigenvalue weighted by molar-refractivity contribution is -0.253. The van der Waals surface area contributed by atoms with Gasteiger partial charge in [0.1, 0.15) is 24.9 Å². The molecule has 0 saturated carbocycles. The van der Waals surface area contributed by atoms with Gasteiger partial charge in [-0.3, -0.25) is 19.2 Å². The van der Waals surface area contributed by atoms with Crippen molar-refractivity contribution in [3.8, 4) is 0 Å². The minimum Gasteiger partial charge on any atom is -0.463 e. The summed E-state index contributed by atoms with van der Waals surface area (Å²) in [7, 11) is 0. The highest BCUT2D eigenvalue weighted by atomic mass is 16.7. The van der Waals surface area contributed by atoms with Crippen LogP contribution < -0.4 is 5.32 Å². The molecule has 9 nitrogen and oxygen atoms in total. The second-order valence-corrected chi connectivity index (χ2v) is 5.61. The third kappa shape index (κ3) is 5.80. The van der Waals surface area contributed by atoms with Crippen molar-refractivity contribution in [2.24, 2.45) is 5.92 Å². The molecule has 0 aliphatic carbocycles. The molecule has 0 aromatic heterocycles. The van der Waals surface area contributed by atoms with Gasteiger partial charge in [-0.1, -0.05) is 6.92 Å². The Labute approximate surface area is 139 Å². The lowest BCUT2D eigenvalue weighted by Crippen LogP contribution is -2.63. The molecular weight excluding hydrogens is 322 g/mol. The van der Waals surface area contributed by atoms with Crippen LogP contribution in [0.15, 0.2) is 0 Å². The Kier molecular flexibility index (Phi) is 7.15. The second kappa shape index (κ2) is 8.62. The Bertz CT molecular complexity index is 506. The van der Waals surface area contributed by atoms with Crippen molar-refractivity contribution in [3.63, 3.8) is 0 Å². The summed E-state index contributed by atoms with van der Waals surface area (Å²) < 4.78 is 21.0. The number of hydrogen-bond donors (Lipinski definition) is 1. The van der Waals surface area contributed by atoms with E-state index in [1.165, 1.54) is 27.7 Å². The molecule has 0 aromatic rings. The van der Waals surface area contributed by atoms with Crippen LogP contribution in [0.3, 0.4) is 0 Å². The van der Waals surface area contributed by atoms with Crippen molar-refractivity contribution in [1.29, 1.82) is 0 Å². The standard InChI is InChI=1S/C15H23NO8/c1-7-12(6-21-9(3)18)24-15(23-11(5)20)13(16-8(2)17)14(7)22-10(4)19/h7,12-15H,6H2,1-5H3,(H,16,17). The first-order valence-electron chi connectivity index (χ1n) is 7.52. The highest BCUT2D eigenvalue weighted by molar-refractivity contribution is 5.73. The highest BCUT2D eigenvalue weighted by Gasteiger charge is 2.48. The van der Waals surface area contributed by atoms with Crippen LogP contribution in [0.2, 0.25) is 0 Å². The molecule has 0 bridgehead atoms. The van der Waals surface area contributed by atoms with Gasteiger partial charge in [-0.15, -0.1) is 0 Å². The van der Waals surface area contributed by atoms with Crippen LogP contribution in [0.25, 0.3) is 0 Å². The molecule has 136 valence electrons. The summed E-state index contributed by atoms with van der Waals surface area (Å²) >= 11 is 0. The Morgan fingerprint density at radius 3 is 2.00 bits per heavy atom. The molecule has 1 amide bonds. The van der Waals surface area contributed by atoms with E-state index in [-0.39, 0.29) is 6.61 Å². The predicted molar refractivity (Wildman–Crippen MR) is 79.4 cm³/mol. The van der Waals surface area contributed by atoms with Crippen LogP contribution in [0.5, 0.6) is 0 Å². The molecule has 9 heteroatoms. The summed E-state index contributed by atoms with van der Waals surface area (Å²) in [4.78, 5) is 45.2. The van der Waals surface area contributed by atoms with Crippen LogP contribution >= 0.6 is 0 Å². The zero-order valence-corrected chi connectivity index (χ0v) is 14.4. The highest BCUT2D eigenvalue weighted by Crippen LogP contribution is 2.29.